The zero-order valence-corrected chi connectivity index (χ0v) is 21.1. The molecule has 36 heavy (non-hydrogen) atoms. The van der Waals surface area contributed by atoms with E-state index in [9.17, 15) is 24.0 Å². The molecular weight excluding hydrogens is 536 g/mol. The summed E-state index contributed by atoms with van der Waals surface area (Å²) in [5.41, 5.74) is 2.13. The van der Waals surface area contributed by atoms with Crippen LogP contribution in [0.5, 0.6) is 0 Å². The van der Waals surface area contributed by atoms with Gasteiger partial charge < -0.3 is 35.9 Å². The molecule has 0 atom stereocenters. The summed E-state index contributed by atoms with van der Waals surface area (Å²) in [6.07, 6.45) is 4.00. The van der Waals surface area contributed by atoms with Crippen LogP contribution in [-0.4, -0.2) is 72.3 Å². The number of nitrogens with one attached hydrogen (secondary N) is 5. The van der Waals surface area contributed by atoms with Gasteiger partial charge in [-0.15, -0.1) is 0 Å². The van der Waals surface area contributed by atoms with Crippen molar-refractivity contribution in [2.75, 3.05) is 38.2 Å². The Labute approximate surface area is 216 Å². The summed E-state index contributed by atoms with van der Waals surface area (Å²) < 4.78 is 7.51. The molecule has 0 spiro atoms. The number of ether oxygens (including phenoxy) is 1. The lowest BCUT2D eigenvalue weighted by Crippen LogP contribution is -2.45. The first-order chi connectivity index (χ1) is 17.4. The number of nitrogens with zero attached hydrogens (tertiary/aromatic N) is 1. The average molecular weight is 565 g/mol. The SMILES string of the molecule is O=C(CBr)NCC(=O)NCC(=O)NCC(=O)NCC(=O)NCOCc1ccc(Cn2cccc2)cc1. The fourth-order valence-electron chi connectivity index (χ4n) is 2.74. The Hall–Kier alpha value is -3.71. The number of carbonyl (C=O) groups is 5. The molecule has 0 aliphatic carbocycles. The Bertz CT molecular complexity index is 1010. The smallest absolute Gasteiger partial charge is 0.241 e. The van der Waals surface area contributed by atoms with Gasteiger partial charge in [-0.25, -0.2) is 0 Å². The molecule has 0 aliphatic rings. The lowest BCUT2D eigenvalue weighted by atomic mass is 10.1. The van der Waals surface area contributed by atoms with Crippen molar-refractivity contribution in [3.8, 4) is 0 Å². The second-order valence-electron chi connectivity index (χ2n) is 7.51. The molecule has 0 saturated carbocycles. The Balaban J connectivity index is 1.50. The van der Waals surface area contributed by atoms with Crippen molar-refractivity contribution in [1.82, 2.24) is 31.2 Å². The average Bonchev–Trinajstić information content (AvgIpc) is 3.40. The van der Waals surface area contributed by atoms with Crippen LogP contribution < -0.4 is 26.6 Å². The van der Waals surface area contributed by atoms with Gasteiger partial charge in [0, 0.05) is 18.9 Å². The molecule has 0 aliphatic heterocycles. The second-order valence-corrected chi connectivity index (χ2v) is 8.07. The summed E-state index contributed by atoms with van der Waals surface area (Å²) >= 11 is 2.94. The standard InChI is InChI=1S/C23H29BrN6O6/c24-9-19(31)25-10-20(32)26-11-21(33)27-12-22(34)28-13-23(35)29-16-36-15-18-5-3-17(4-6-18)14-30-7-1-2-8-30/h1-8H,9-16H2,(H,25,31)(H,26,32)(H,27,33)(H,28,34)(H,29,35). The van der Waals surface area contributed by atoms with Gasteiger partial charge in [0.2, 0.25) is 29.5 Å². The first-order valence-corrected chi connectivity index (χ1v) is 12.1. The van der Waals surface area contributed by atoms with Gasteiger partial charge in [0.15, 0.2) is 0 Å². The number of halogens is 1. The van der Waals surface area contributed by atoms with Crippen molar-refractivity contribution in [3.05, 3.63) is 59.9 Å². The van der Waals surface area contributed by atoms with Gasteiger partial charge in [-0.3, -0.25) is 24.0 Å². The number of alkyl halides is 1. The number of hydrogen-bond donors (Lipinski definition) is 5. The fourth-order valence-corrected chi connectivity index (χ4v) is 2.94. The van der Waals surface area contributed by atoms with Crippen molar-refractivity contribution < 1.29 is 28.7 Å². The van der Waals surface area contributed by atoms with Crippen molar-refractivity contribution in [2.24, 2.45) is 0 Å². The summed E-state index contributed by atoms with van der Waals surface area (Å²) in [5, 5.41) is 11.9. The van der Waals surface area contributed by atoms with Gasteiger partial charge in [-0.05, 0) is 23.3 Å². The Morgan fingerprint density at radius 1 is 0.667 bits per heavy atom. The third kappa shape index (κ3) is 12.1. The van der Waals surface area contributed by atoms with Gasteiger partial charge >= 0.3 is 0 Å². The van der Waals surface area contributed by atoms with E-state index in [1.54, 1.807) is 0 Å². The zero-order chi connectivity index (χ0) is 26.2. The maximum Gasteiger partial charge on any atom is 0.241 e. The third-order valence-electron chi connectivity index (χ3n) is 4.60. The van der Waals surface area contributed by atoms with Crippen LogP contribution in [0.15, 0.2) is 48.8 Å². The summed E-state index contributed by atoms with van der Waals surface area (Å²) in [5.74, 6) is -2.53. The van der Waals surface area contributed by atoms with Crippen LogP contribution in [-0.2, 0) is 41.9 Å². The van der Waals surface area contributed by atoms with Crippen molar-refractivity contribution in [2.45, 2.75) is 13.2 Å². The maximum absolute atomic E-state index is 11.8. The van der Waals surface area contributed by atoms with Crippen LogP contribution in [0.3, 0.4) is 0 Å². The van der Waals surface area contributed by atoms with E-state index < -0.39 is 23.6 Å². The highest BCUT2D eigenvalue weighted by molar-refractivity contribution is 9.09. The minimum atomic E-state index is -0.596. The van der Waals surface area contributed by atoms with E-state index in [4.69, 9.17) is 4.74 Å². The predicted molar refractivity (Wildman–Crippen MR) is 134 cm³/mol. The first kappa shape index (κ1) is 28.5. The first-order valence-electron chi connectivity index (χ1n) is 11.0. The summed E-state index contributed by atoms with van der Waals surface area (Å²) in [7, 11) is 0. The highest BCUT2D eigenvalue weighted by Gasteiger charge is 2.10. The molecular formula is C23H29BrN6O6. The largest absolute Gasteiger partial charge is 0.357 e. The van der Waals surface area contributed by atoms with Crippen LogP contribution in [0, 0.1) is 0 Å². The lowest BCUT2D eigenvalue weighted by Gasteiger charge is -2.10. The number of benzene rings is 1. The molecule has 2 aromatic rings. The van der Waals surface area contributed by atoms with Crippen LogP contribution >= 0.6 is 15.9 Å². The zero-order valence-electron chi connectivity index (χ0n) is 19.6. The minimum Gasteiger partial charge on any atom is -0.357 e. The van der Waals surface area contributed by atoms with E-state index in [1.807, 2.05) is 48.8 Å². The highest BCUT2D eigenvalue weighted by atomic mass is 79.9. The molecule has 0 fully saturated rings. The lowest BCUT2D eigenvalue weighted by molar-refractivity contribution is -0.129. The monoisotopic (exact) mass is 564 g/mol. The molecule has 0 bridgehead atoms. The predicted octanol–water partition coefficient (Wildman–Crippen LogP) is -1.01. The summed E-state index contributed by atoms with van der Waals surface area (Å²) in [6, 6.07) is 11.9. The normalized spacial score (nSPS) is 10.2. The molecule has 1 aromatic heterocycles. The number of aromatic nitrogens is 1. The van der Waals surface area contributed by atoms with Crippen molar-refractivity contribution >= 4 is 45.5 Å². The molecule has 2 rings (SSSR count). The highest BCUT2D eigenvalue weighted by Crippen LogP contribution is 2.07. The van der Waals surface area contributed by atoms with Gasteiger partial charge in [-0.1, -0.05) is 40.2 Å². The Kier molecular flexibility index (Phi) is 12.7. The summed E-state index contributed by atoms with van der Waals surface area (Å²) in [4.78, 5) is 57.8. The molecule has 5 amide bonds. The molecule has 0 saturated heterocycles. The summed E-state index contributed by atoms with van der Waals surface area (Å²) in [6.45, 7) is -0.180. The Morgan fingerprint density at radius 3 is 1.61 bits per heavy atom. The molecule has 0 radical (unpaired) electrons. The van der Waals surface area contributed by atoms with Crippen LogP contribution in [0.25, 0.3) is 0 Å². The van der Waals surface area contributed by atoms with E-state index in [2.05, 4.69) is 47.1 Å². The minimum absolute atomic E-state index is 0.0215. The van der Waals surface area contributed by atoms with Gasteiger partial charge in [0.25, 0.3) is 0 Å². The maximum atomic E-state index is 11.8. The number of amides is 5. The molecule has 1 aromatic carbocycles. The quantitative estimate of drug-likeness (QED) is 0.106. The van der Waals surface area contributed by atoms with Gasteiger partial charge in [-0.2, -0.15) is 0 Å². The van der Waals surface area contributed by atoms with Crippen LogP contribution in [0.1, 0.15) is 11.1 Å². The molecule has 5 N–H and O–H groups in total. The third-order valence-corrected chi connectivity index (χ3v) is 5.11. The van der Waals surface area contributed by atoms with E-state index in [0.29, 0.717) is 6.61 Å². The van der Waals surface area contributed by atoms with Gasteiger partial charge in [0.05, 0.1) is 38.1 Å². The van der Waals surface area contributed by atoms with Crippen molar-refractivity contribution in [3.63, 3.8) is 0 Å². The number of carbonyl (C=O) groups excluding carboxylic acids is 5. The Morgan fingerprint density at radius 2 is 1.11 bits per heavy atom. The van der Waals surface area contributed by atoms with E-state index >= 15 is 0 Å². The molecule has 13 heteroatoms. The number of rotatable bonds is 15. The number of hydrogen-bond acceptors (Lipinski definition) is 6. The van der Waals surface area contributed by atoms with E-state index in [0.717, 1.165) is 17.7 Å². The van der Waals surface area contributed by atoms with Gasteiger partial charge in [0.1, 0.15) is 6.73 Å². The second kappa shape index (κ2) is 16.1. The van der Waals surface area contributed by atoms with Crippen molar-refractivity contribution in [1.29, 1.82) is 0 Å². The van der Waals surface area contributed by atoms with E-state index in [-0.39, 0.29) is 44.1 Å². The van der Waals surface area contributed by atoms with Crippen LogP contribution in [0.4, 0.5) is 0 Å². The fraction of sp³-hybridized carbons (Fsp3) is 0.348. The van der Waals surface area contributed by atoms with Crippen LogP contribution in [0.2, 0.25) is 0 Å². The molecule has 12 nitrogen and oxygen atoms in total. The topological polar surface area (TPSA) is 160 Å². The van der Waals surface area contributed by atoms with E-state index in [1.165, 1.54) is 0 Å². The molecule has 1 heterocycles. The molecule has 0 unspecified atom stereocenters. The molecule has 194 valence electrons.